The topological polar surface area (TPSA) is 47.6 Å². The van der Waals surface area contributed by atoms with Gasteiger partial charge in [-0.15, -0.1) is 0 Å². The fourth-order valence-electron chi connectivity index (χ4n) is 1.99. The summed E-state index contributed by atoms with van der Waals surface area (Å²) >= 11 is 0. The summed E-state index contributed by atoms with van der Waals surface area (Å²) in [7, 11) is 1.69. The van der Waals surface area contributed by atoms with Gasteiger partial charge in [0.05, 0.1) is 12.6 Å². The van der Waals surface area contributed by atoms with Gasteiger partial charge in [-0.25, -0.2) is 0 Å². The minimum Gasteiger partial charge on any atom is -0.464 e. The highest BCUT2D eigenvalue weighted by Gasteiger charge is 2.20. The first-order valence-corrected chi connectivity index (χ1v) is 6.98. The Hall–Kier alpha value is -1.39. The van der Waals surface area contributed by atoms with Gasteiger partial charge < -0.3 is 14.8 Å². The van der Waals surface area contributed by atoms with Crippen LogP contribution in [0.15, 0.2) is 30.3 Å². The molecular formula is C16H25NO3. The number of esters is 1. The van der Waals surface area contributed by atoms with Crippen molar-refractivity contribution in [3.05, 3.63) is 35.9 Å². The Labute approximate surface area is 121 Å². The van der Waals surface area contributed by atoms with Crippen LogP contribution in [0.2, 0.25) is 0 Å². The van der Waals surface area contributed by atoms with E-state index in [2.05, 4.69) is 31.3 Å². The molecule has 0 spiro atoms. The lowest BCUT2D eigenvalue weighted by Gasteiger charge is -2.28. The number of carbonyl (C=O) groups is 1. The van der Waals surface area contributed by atoms with E-state index in [1.807, 2.05) is 18.2 Å². The minimum atomic E-state index is -0.250. The van der Waals surface area contributed by atoms with Crippen LogP contribution in [0.4, 0.5) is 0 Å². The summed E-state index contributed by atoms with van der Waals surface area (Å²) in [6, 6.07) is 10.3. The summed E-state index contributed by atoms with van der Waals surface area (Å²) in [4.78, 5) is 11.0. The maximum Gasteiger partial charge on any atom is 0.302 e. The van der Waals surface area contributed by atoms with Crippen LogP contribution in [0.5, 0.6) is 0 Å². The molecule has 0 heterocycles. The molecule has 0 aliphatic carbocycles. The average molecular weight is 279 g/mol. The molecule has 0 bridgehead atoms. The Morgan fingerprint density at radius 1 is 1.20 bits per heavy atom. The molecule has 0 saturated carbocycles. The van der Waals surface area contributed by atoms with E-state index in [0.29, 0.717) is 19.1 Å². The second-order valence-corrected chi connectivity index (χ2v) is 5.24. The van der Waals surface area contributed by atoms with Gasteiger partial charge in [0.2, 0.25) is 0 Å². The van der Waals surface area contributed by atoms with Gasteiger partial charge in [0.25, 0.3) is 0 Å². The highest BCUT2D eigenvalue weighted by atomic mass is 16.5. The largest absolute Gasteiger partial charge is 0.464 e. The minimum absolute atomic E-state index is 0.0872. The predicted molar refractivity (Wildman–Crippen MR) is 79.5 cm³/mol. The van der Waals surface area contributed by atoms with Crippen molar-refractivity contribution in [2.24, 2.45) is 5.92 Å². The highest BCUT2D eigenvalue weighted by molar-refractivity contribution is 5.65. The molecule has 0 saturated heterocycles. The number of carbonyl (C=O) groups excluding carboxylic acids is 1. The van der Waals surface area contributed by atoms with Crippen LogP contribution in [0.25, 0.3) is 0 Å². The zero-order chi connectivity index (χ0) is 15.0. The molecule has 112 valence electrons. The first-order chi connectivity index (χ1) is 9.54. The summed E-state index contributed by atoms with van der Waals surface area (Å²) < 4.78 is 10.4. The predicted octanol–water partition coefficient (Wildman–Crippen LogP) is 2.55. The molecule has 4 heteroatoms. The summed E-state index contributed by atoms with van der Waals surface area (Å²) in [6.07, 6.45) is 0. The van der Waals surface area contributed by atoms with Crippen molar-refractivity contribution < 1.29 is 14.3 Å². The second-order valence-electron chi connectivity index (χ2n) is 5.24. The van der Waals surface area contributed by atoms with Crippen LogP contribution in [-0.2, 0) is 14.3 Å². The molecule has 0 aliphatic rings. The van der Waals surface area contributed by atoms with E-state index in [9.17, 15) is 4.79 Å². The molecule has 1 aromatic rings. The van der Waals surface area contributed by atoms with Crippen molar-refractivity contribution in [3.8, 4) is 0 Å². The highest BCUT2D eigenvalue weighted by Crippen LogP contribution is 2.16. The van der Waals surface area contributed by atoms with E-state index in [4.69, 9.17) is 9.47 Å². The standard InChI is InChI=1S/C16H25NO3/c1-12(2)15(11-20-13(3)18)17-16(10-19-4)14-8-6-5-7-9-14/h5-9,12,15-17H,10-11H2,1-4H3/t15-,16+/m1/s1. The zero-order valence-electron chi connectivity index (χ0n) is 12.8. The molecule has 1 rings (SSSR count). The van der Waals surface area contributed by atoms with Gasteiger partial charge in [-0.3, -0.25) is 4.79 Å². The zero-order valence-corrected chi connectivity index (χ0v) is 12.8. The van der Waals surface area contributed by atoms with Gasteiger partial charge in [0, 0.05) is 20.1 Å². The van der Waals surface area contributed by atoms with E-state index in [1.54, 1.807) is 7.11 Å². The fourth-order valence-corrected chi connectivity index (χ4v) is 1.99. The third kappa shape index (κ3) is 5.72. The Bertz CT molecular complexity index is 392. The summed E-state index contributed by atoms with van der Waals surface area (Å²) in [5.41, 5.74) is 1.17. The molecule has 0 unspecified atom stereocenters. The van der Waals surface area contributed by atoms with Crippen LogP contribution in [0.3, 0.4) is 0 Å². The number of hydrogen-bond donors (Lipinski definition) is 1. The van der Waals surface area contributed by atoms with Crippen molar-refractivity contribution in [1.29, 1.82) is 0 Å². The molecule has 0 radical (unpaired) electrons. The Balaban J connectivity index is 2.73. The van der Waals surface area contributed by atoms with Crippen molar-refractivity contribution in [2.75, 3.05) is 20.3 Å². The summed E-state index contributed by atoms with van der Waals surface area (Å²) in [5.74, 6) is 0.109. The average Bonchev–Trinajstić information content (AvgIpc) is 2.42. The van der Waals surface area contributed by atoms with Crippen LogP contribution < -0.4 is 5.32 Å². The molecular weight excluding hydrogens is 254 g/mol. The monoisotopic (exact) mass is 279 g/mol. The van der Waals surface area contributed by atoms with Gasteiger partial charge in [-0.05, 0) is 11.5 Å². The van der Waals surface area contributed by atoms with Gasteiger partial charge in [0.1, 0.15) is 6.61 Å². The fraction of sp³-hybridized carbons (Fsp3) is 0.562. The summed E-state index contributed by atoms with van der Waals surface area (Å²) in [6.45, 7) is 6.60. The molecule has 0 aromatic heterocycles. The Kier molecular flexibility index (Phi) is 7.26. The number of methoxy groups -OCH3 is 1. The van der Waals surface area contributed by atoms with E-state index in [0.717, 1.165) is 0 Å². The maximum atomic E-state index is 11.0. The number of benzene rings is 1. The van der Waals surface area contributed by atoms with E-state index in [1.165, 1.54) is 12.5 Å². The SMILES string of the molecule is COC[C@H](N[C@H](COC(C)=O)C(C)C)c1ccccc1. The van der Waals surface area contributed by atoms with Crippen LogP contribution >= 0.6 is 0 Å². The smallest absolute Gasteiger partial charge is 0.302 e. The quantitative estimate of drug-likeness (QED) is 0.743. The summed E-state index contributed by atoms with van der Waals surface area (Å²) in [5, 5.41) is 3.52. The molecule has 1 N–H and O–H groups in total. The number of hydrogen-bond acceptors (Lipinski definition) is 4. The van der Waals surface area contributed by atoms with Crippen molar-refractivity contribution >= 4 is 5.97 Å². The van der Waals surface area contributed by atoms with Gasteiger partial charge in [0.15, 0.2) is 0 Å². The van der Waals surface area contributed by atoms with E-state index >= 15 is 0 Å². The van der Waals surface area contributed by atoms with Crippen molar-refractivity contribution in [2.45, 2.75) is 32.9 Å². The second kappa shape index (κ2) is 8.72. The molecule has 1 aromatic carbocycles. The van der Waals surface area contributed by atoms with Gasteiger partial charge >= 0.3 is 5.97 Å². The van der Waals surface area contributed by atoms with Crippen molar-refractivity contribution in [1.82, 2.24) is 5.32 Å². The van der Waals surface area contributed by atoms with Gasteiger partial charge in [-0.2, -0.15) is 0 Å². The number of rotatable bonds is 8. The Morgan fingerprint density at radius 3 is 2.35 bits per heavy atom. The molecule has 0 aliphatic heterocycles. The normalized spacial score (nSPS) is 14.1. The third-order valence-corrected chi connectivity index (χ3v) is 3.22. The molecule has 4 nitrogen and oxygen atoms in total. The lowest BCUT2D eigenvalue weighted by atomic mass is 10.0. The maximum absolute atomic E-state index is 11.0. The first kappa shape index (κ1) is 16.7. The molecule has 2 atom stereocenters. The number of ether oxygens (including phenoxy) is 2. The lowest BCUT2D eigenvalue weighted by molar-refractivity contribution is -0.142. The van der Waals surface area contributed by atoms with Crippen molar-refractivity contribution in [3.63, 3.8) is 0 Å². The lowest BCUT2D eigenvalue weighted by Crippen LogP contribution is -2.42. The van der Waals surface area contributed by atoms with Crippen LogP contribution in [0, 0.1) is 5.92 Å². The van der Waals surface area contributed by atoms with Crippen LogP contribution in [-0.4, -0.2) is 32.3 Å². The van der Waals surface area contributed by atoms with Crippen LogP contribution in [0.1, 0.15) is 32.4 Å². The molecule has 0 fully saturated rings. The Morgan fingerprint density at radius 2 is 1.85 bits per heavy atom. The van der Waals surface area contributed by atoms with Gasteiger partial charge in [-0.1, -0.05) is 44.2 Å². The molecule has 0 amide bonds. The third-order valence-electron chi connectivity index (χ3n) is 3.22. The van der Waals surface area contributed by atoms with E-state index < -0.39 is 0 Å². The number of nitrogens with one attached hydrogen (secondary N) is 1. The first-order valence-electron chi connectivity index (χ1n) is 6.98. The van der Waals surface area contributed by atoms with E-state index in [-0.39, 0.29) is 18.1 Å². The molecule has 20 heavy (non-hydrogen) atoms.